The first-order chi connectivity index (χ1) is 11.2. The van der Waals surface area contributed by atoms with Gasteiger partial charge in [0.2, 0.25) is 0 Å². The van der Waals surface area contributed by atoms with Gasteiger partial charge in [-0.3, -0.25) is 0 Å². The van der Waals surface area contributed by atoms with Crippen molar-refractivity contribution in [1.82, 2.24) is 5.32 Å². The van der Waals surface area contributed by atoms with Crippen molar-refractivity contribution < 1.29 is 23.8 Å². The number of para-hydroxylation sites is 2. The zero-order valence-electron chi connectivity index (χ0n) is 14.4. The Kier molecular flexibility index (Phi) is 8.04. The van der Waals surface area contributed by atoms with Gasteiger partial charge in [-0.25, -0.2) is 9.59 Å². The second kappa shape index (κ2) is 9.52. The molecule has 7 heteroatoms. The van der Waals surface area contributed by atoms with E-state index in [0.717, 1.165) is 11.8 Å². The molecule has 0 heterocycles. The monoisotopic (exact) mass is 401 g/mol. The zero-order valence-corrected chi connectivity index (χ0v) is 16.0. The molecule has 0 fully saturated rings. The fraction of sp³-hybridized carbons (Fsp3) is 0.529. The summed E-state index contributed by atoms with van der Waals surface area (Å²) in [6.07, 6.45) is 0.160. The first kappa shape index (κ1) is 20.3. The Morgan fingerprint density at radius 1 is 1.21 bits per heavy atom. The minimum absolute atomic E-state index is 0.315. The van der Waals surface area contributed by atoms with Crippen LogP contribution in [0.25, 0.3) is 0 Å². The Balaban J connectivity index is 2.62. The predicted molar refractivity (Wildman–Crippen MR) is 94.8 cm³/mol. The summed E-state index contributed by atoms with van der Waals surface area (Å²) in [5, 5.41) is 3.27. The van der Waals surface area contributed by atoms with E-state index < -0.39 is 23.7 Å². The van der Waals surface area contributed by atoms with Crippen molar-refractivity contribution in [3.05, 3.63) is 24.3 Å². The Morgan fingerprint density at radius 2 is 1.83 bits per heavy atom. The van der Waals surface area contributed by atoms with Crippen molar-refractivity contribution in [2.45, 2.75) is 45.8 Å². The maximum absolute atomic E-state index is 12.1. The topological polar surface area (TPSA) is 73.9 Å². The Bertz CT molecular complexity index is 556. The van der Waals surface area contributed by atoms with E-state index in [1.54, 1.807) is 45.0 Å². The van der Waals surface area contributed by atoms with Crippen LogP contribution in [0.1, 0.15) is 34.1 Å². The number of hydrogen-bond acceptors (Lipinski definition) is 5. The van der Waals surface area contributed by atoms with Gasteiger partial charge < -0.3 is 19.5 Å². The second-order valence-corrected chi connectivity index (χ2v) is 6.92. The number of nitrogens with one attached hydrogen (secondary N) is 1. The normalized spacial score (nSPS) is 12.2. The summed E-state index contributed by atoms with van der Waals surface area (Å²) in [6, 6.07) is 6.05. The minimum atomic E-state index is -0.851. The SMILES string of the molecule is C[C@H](NC(=O)OC(C)(C)C)C(=O)Oc1ccccc1OCCCBr. The number of hydrogen-bond donors (Lipinski definition) is 1. The van der Waals surface area contributed by atoms with Crippen LogP contribution in [0.15, 0.2) is 24.3 Å². The highest BCUT2D eigenvalue weighted by molar-refractivity contribution is 9.09. The third kappa shape index (κ3) is 7.68. The predicted octanol–water partition coefficient (Wildman–Crippen LogP) is 3.67. The Labute approximate surface area is 151 Å². The molecule has 0 aliphatic carbocycles. The lowest BCUT2D eigenvalue weighted by Gasteiger charge is -2.21. The molecule has 1 aromatic carbocycles. The number of rotatable bonds is 7. The van der Waals surface area contributed by atoms with Gasteiger partial charge in [0.05, 0.1) is 6.61 Å². The summed E-state index contributed by atoms with van der Waals surface area (Å²) in [7, 11) is 0. The molecule has 0 spiro atoms. The van der Waals surface area contributed by atoms with Gasteiger partial charge in [-0.2, -0.15) is 0 Å². The summed E-state index contributed by atoms with van der Waals surface area (Å²) in [6.45, 7) is 7.27. The van der Waals surface area contributed by atoms with E-state index in [2.05, 4.69) is 21.2 Å². The number of alkyl carbamates (subject to hydrolysis) is 1. The van der Waals surface area contributed by atoms with E-state index in [4.69, 9.17) is 14.2 Å². The van der Waals surface area contributed by atoms with Gasteiger partial charge in [-0.05, 0) is 46.2 Å². The van der Waals surface area contributed by atoms with Crippen LogP contribution in [-0.4, -0.2) is 35.6 Å². The van der Waals surface area contributed by atoms with Gasteiger partial charge in [0.1, 0.15) is 11.6 Å². The second-order valence-electron chi connectivity index (χ2n) is 6.13. The molecule has 0 saturated heterocycles. The fourth-order valence-electron chi connectivity index (χ4n) is 1.63. The van der Waals surface area contributed by atoms with Crippen LogP contribution in [0.5, 0.6) is 11.5 Å². The highest BCUT2D eigenvalue weighted by atomic mass is 79.9. The number of carbonyl (C=O) groups excluding carboxylic acids is 2. The van der Waals surface area contributed by atoms with Gasteiger partial charge in [-0.15, -0.1) is 0 Å². The van der Waals surface area contributed by atoms with Gasteiger partial charge in [-0.1, -0.05) is 28.1 Å². The molecule has 0 saturated carbocycles. The lowest BCUT2D eigenvalue weighted by atomic mass is 10.2. The molecule has 0 aliphatic rings. The lowest BCUT2D eigenvalue weighted by Crippen LogP contribution is -2.43. The van der Waals surface area contributed by atoms with Crippen molar-refractivity contribution in [1.29, 1.82) is 0 Å². The maximum Gasteiger partial charge on any atom is 0.408 e. The van der Waals surface area contributed by atoms with Crippen LogP contribution in [0.3, 0.4) is 0 Å². The van der Waals surface area contributed by atoms with Crippen molar-refractivity contribution in [2.75, 3.05) is 11.9 Å². The average Bonchev–Trinajstić information content (AvgIpc) is 2.47. The van der Waals surface area contributed by atoms with E-state index in [0.29, 0.717) is 18.1 Å². The molecule has 0 aromatic heterocycles. The fourth-order valence-corrected chi connectivity index (χ4v) is 1.86. The van der Waals surface area contributed by atoms with Crippen LogP contribution >= 0.6 is 15.9 Å². The summed E-state index contributed by atoms with van der Waals surface area (Å²) in [5.41, 5.74) is -0.635. The van der Waals surface area contributed by atoms with E-state index >= 15 is 0 Å². The van der Waals surface area contributed by atoms with Crippen LogP contribution in [0, 0.1) is 0 Å². The number of ether oxygens (including phenoxy) is 3. The van der Waals surface area contributed by atoms with Crippen LogP contribution in [0.2, 0.25) is 0 Å². The zero-order chi connectivity index (χ0) is 18.2. The number of amides is 1. The Hall–Kier alpha value is -1.76. The van der Waals surface area contributed by atoms with E-state index in [1.165, 1.54) is 6.92 Å². The molecule has 1 amide bonds. The van der Waals surface area contributed by atoms with Crippen LogP contribution in [0.4, 0.5) is 4.79 Å². The number of alkyl halides is 1. The molecular weight excluding hydrogens is 378 g/mol. The third-order valence-electron chi connectivity index (χ3n) is 2.68. The number of benzene rings is 1. The highest BCUT2D eigenvalue weighted by Crippen LogP contribution is 2.27. The molecule has 134 valence electrons. The molecule has 0 aliphatic heterocycles. The molecule has 1 N–H and O–H groups in total. The molecule has 1 atom stereocenters. The van der Waals surface area contributed by atoms with E-state index in [1.807, 2.05) is 0 Å². The molecule has 0 unspecified atom stereocenters. The molecule has 24 heavy (non-hydrogen) atoms. The van der Waals surface area contributed by atoms with Crippen molar-refractivity contribution >= 4 is 28.0 Å². The summed E-state index contributed by atoms with van der Waals surface area (Å²) >= 11 is 3.33. The molecule has 6 nitrogen and oxygen atoms in total. The largest absolute Gasteiger partial charge is 0.490 e. The molecule has 0 bridgehead atoms. The minimum Gasteiger partial charge on any atom is -0.490 e. The van der Waals surface area contributed by atoms with Gasteiger partial charge in [0.15, 0.2) is 11.5 Å². The van der Waals surface area contributed by atoms with Gasteiger partial charge in [0, 0.05) is 5.33 Å². The van der Waals surface area contributed by atoms with Crippen molar-refractivity contribution in [3.8, 4) is 11.5 Å². The first-order valence-corrected chi connectivity index (χ1v) is 8.84. The Morgan fingerprint density at radius 3 is 2.42 bits per heavy atom. The van der Waals surface area contributed by atoms with Gasteiger partial charge >= 0.3 is 12.1 Å². The summed E-state index contributed by atoms with van der Waals surface area (Å²) in [4.78, 5) is 23.8. The summed E-state index contributed by atoms with van der Waals surface area (Å²) < 4.78 is 16.0. The van der Waals surface area contributed by atoms with Crippen molar-refractivity contribution in [3.63, 3.8) is 0 Å². The maximum atomic E-state index is 12.1. The van der Waals surface area contributed by atoms with Gasteiger partial charge in [0.25, 0.3) is 0 Å². The quantitative estimate of drug-likeness (QED) is 0.326. The van der Waals surface area contributed by atoms with Crippen molar-refractivity contribution in [2.24, 2.45) is 0 Å². The summed E-state index contributed by atoms with van der Waals surface area (Å²) in [5.74, 6) is 0.198. The van der Waals surface area contributed by atoms with Crippen LogP contribution in [-0.2, 0) is 9.53 Å². The first-order valence-electron chi connectivity index (χ1n) is 7.72. The van der Waals surface area contributed by atoms with E-state index in [9.17, 15) is 9.59 Å². The number of halogens is 1. The molecular formula is C17H24BrNO5. The lowest BCUT2D eigenvalue weighted by molar-refractivity contribution is -0.136. The standard InChI is InChI=1S/C17H24BrNO5/c1-12(19-16(21)24-17(2,3)4)15(20)23-14-9-6-5-8-13(14)22-11-7-10-18/h5-6,8-9,12H,7,10-11H2,1-4H3,(H,19,21)/t12-/m0/s1. The van der Waals surface area contributed by atoms with Crippen LogP contribution < -0.4 is 14.8 Å². The smallest absolute Gasteiger partial charge is 0.408 e. The molecule has 1 rings (SSSR count). The molecule has 0 radical (unpaired) electrons. The third-order valence-corrected chi connectivity index (χ3v) is 3.24. The average molecular weight is 402 g/mol. The molecule has 1 aromatic rings. The van der Waals surface area contributed by atoms with E-state index in [-0.39, 0.29) is 0 Å². The number of carbonyl (C=O) groups is 2. The number of esters is 1. The highest BCUT2D eigenvalue weighted by Gasteiger charge is 2.23.